The van der Waals surface area contributed by atoms with E-state index in [2.05, 4.69) is 14.6 Å². The topological polar surface area (TPSA) is 71.5 Å². The molecule has 6 nitrogen and oxygen atoms in total. The average molecular weight is 401 g/mol. The molecule has 1 aliphatic heterocycles. The summed E-state index contributed by atoms with van der Waals surface area (Å²) in [5.41, 5.74) is -0.258. The van der Waals surface area contributed by atoms with Crippen molar-refractivity contribution in [2.45, 2.75) is 17.6 Å². The van der Waals surface area contributed by atoms with Gasteiger partial charge in [0, 0.05) is 25.8 Å². The molecule has 2 aromatic rings. The van der Waals surface area contributed by atoms with E-state index in [0.717, 1.165) is 43.2 Å². The maximum absolute atomic E-state index is 12.6. The minimum absolute atomic E-state index is 0.0141. The SMILES string of the molecule is O=S(=O)(NCc1ccc(N2CCOCC2)nc1)c1ccc(C(F)(F)F)cc1. The number of ether oxygens (including phenoxy) is 1. The molecule has 1 fully saturated rings. The summed E-state index contributed by atoms with van der Waals surface area (Å²) in [5.74, 6) is 0.785. The Kier molecular flexibility index (Phi) is 5.68. The van der Waals surface area contributed by atoms with E-state index in [-0.39, 0.29) is 11.4 Å². The first kappa shape index (κ1) is 19.6. The summed E-state index contributed by atoms with van der Waals surface area (Å²) in [6.45, 7) is 2.74. The first-order valence-electron chi connectivity index (χ1n) is 8.20. The highest BCUT2D eigenvalue weighted by molar-refractivity contribution is 7.89. The number of sulfonamides is 1. The molecule has 3 rings (SSSR count). The van der Waals surface area contributed by atoms with Gasteiger partial charge in [-0.25, -0.2) is 18.1 Å². The summed E-state index contributed by atoms with van der Waals surface area (Å²) in [6.07, 6.45) is -2.94. The Morgan fingerprint density at radius 3 is 2.30 bits per heavy atom. The number of alkyl halides is 3. The maximum atomic E-state index is 12.6. The molecular weight excluding hydrogens is 383 g/mol. The minimum atomic E-state index is -4.51. The van der Waals surface area contributed by atoms with Crippen molar-refractivity contribution in [1.29, 1.82) is 0 Å². The second-order valence-electron chi connectivity index (χ2n) is 5.97. The molecular formula is C17H18F3N3O3S. The standard InChI is InChI=1S/C17H18F3N3O3S/c18-17(19,20)14-2-4-15(5-3-14)27(24,25)22-12-13-1-6-16(21-11-13)23-7-9-26-10-8-23/h1-6,11,22H,7-10,12H2. The zero-order valence-electron chi connectivity index (χ0n) is 14.2. The zero-order valence-corrected chi connectivity index (χ0v) is 15.1. The third-order valence-corrected chi connectivity index (χ3v) is 5.52. The number of aromatic nitrogens is 1. The smallest absolute Gasteiger partial charge is 0.378 e. The average Bonchev–Trinajstić information content (AvgIpc) is 2.67. The number of nitrogens with one attached hydrogen (secondary N) is 1. The van der Waals surface area contributed by atoms with Crippen molar-refractivity contribution in [2.24, 2.45) is 0 Å². The van der Waals surface area contributed by atoms with Gasteiger partial charge in [0.2, 0.25) is 10.0 Å². The van der Waals surface area contributed by atoms with E-state index < -0.39 is 21.8 Å². The lowest BCUT2D eigenvalue weighted by molar-refractivity contribution is -0.137. The molecule has 0 aliphatic carbocycles. The lowest BCUT2D eigenvalue weighted by Crippen LogP contribution is -2.36. The van der Waals surface area contributed by atoms with E-state index in [1.165, 1.54) is 0 Å². The molecule has 2 heterocycles. The van der Waals surface area contributed by atoms with Gasteiger partial charge in [0.05, 0.1) is 23.7 Å². The van der Waals surface area contributed by atoms with E-state index in [1.54, 1.807) is 18.3 Å². The summed E-state index contributed by atoms with van der Waals surface area (Å²) in [7, 11) is -3.92. The van der Waals surface area contributed by atoms with Gasteiger partial charge in [0.1, 0.15) is 5.82 Å². The monoisotopic (exact) mass is 401 g/mol. The van der Waals surface area contributed by atoms with Crippen LogP contribution < -0.4 is 9.62 Å². The largest absolute Gasteiger partial charge is 0.416 e. The fraction of sp³-hybridized carbons (Fsp3) is 0.353. The Hall–Kier alpha value is -2.17. The molecule has 0 saturated carbocycles. The Morgan fingerprint density at radius 1 is 1.07 bits per heavy atom. The molecule has 0 unspecified atom stereocenters. The van der Waals surface area contributed by atoms with Crippen molar-refractivity contribution in [3.63, 3.8) is 0 Å². The van der Waals surface area contributed by atoms with Crippen LogP contribution in [0.5, 0.6) is 0 Å². The van der Waals surface area contributed by atoms with Gasteiger partial charge in [0.25, 0.3) is 0 Å². The minimum Gasteiger partial charge on any atom is -0.378 e. The number of anilines is 1. The fourth-order valence-corrected chi connectivity index (χ4v) is 3.60. The summed E-state index contributed by atoms with van der Waals surface area (Å²) in [5, 5.41) is 0. The molecule has 1 aromatic heterocycles. The van der Waals surface area contributed by atoms with E-state index in [1.807, 2.05) is 0 Å². The molecule has 1 saturated heterocycles. The highest BCUT2D eigenvalue weighted by Crippen LogP contribution is 2.29. The molecule has 1 aliphatic rings. The van der Waals surface area contributed by atoms with Gasteiger partial charge >= 0.3 is 6.18 Å². The van der Waals surface area contributed by atoms with Gasteiger partial charge in [-0.3, -0.25) is 0 Å². The van der Waals surface area contributed by atoms with Crippen LogP contribution in [0.3, 0.4) is 0 Å². The number of morpholine rings is 1. The van der Waals surface area contributed by atoms with Crippen molar-refractivity contribution in [2.75, 3.05) is 31.2 Å². The Morgan fingerprint density at radius 2 is 1.74 bits per heavy atom. The normalized spacial score (nSPS) is 15.7. The number of benzene rings is 1. The Balaban J connectivity index is 1.63. The molecule has 1 N–H and O–H groups in total. The number of rotatable bonds is 5. The Bertz CT molecular complexity index is 863. The summed E-state index contributed by atoms with van der Waals surface area (Å²) >= 11 is 0. The molecule has 27 heavy (non-hydrogen) atoms. The van der Waals surface area contributed by atoms with Crippen LogP contribution in [0.2, 0.25) is 0 Å². The second kappa shape index (κ2) is 7.83. The fourth-order valence-electron chi connectivity index (χ4n) is 2.59. The zero-order chi connectivity index (χ0) is 19.5. The van der Waals surface area contributed by atoms with Crippen LogP contribution in [0, 0.1) is 0 Å². The first-order chi connectivity index (χ1) is 12.8. The van der Waals surface area contributed by atoms with Crippen LogP contribution in [0.25, 0.3) is 0 Å². The van der Waals surface area contributed by atoms with Crippen molar-refractivity contribution in [3.05, 3.63) is 53.7 Å². The van der Waals surface area contributed by atoms with Crippen molar-refractivity contribution < 1.29 is 26.3 Å². The van der Waals surface area contributed by atoms with Gasteiger partial charge in [0.15, 0.2) is 0 Å². The molecule has 0 atom stereocenters. The van der Waals surface area contributed by atoms with Crippen LogP contribution in [-0.4, -0.2) is 39.7 Å². The molecule has 146 valence electrons. The summed E-state index contributed by atoms with van der Waals surface area (Å²) in [4.78, 5) is 6.17. The second-order valence-corrected chi connectivity index (χ2v) is 7.74. The van der Waals surface area contributed by atoms with Crippen LogP contribution >= 0.6 is 0 Å². The van der Waals surface area contributed by atoms with Crippen molar-refractivity contribution in [1.82, 2.24) is 9.71 Å². The lowest BCUT2D eigenvalue weighted by Gasteiger charge is -2.27. The quantitative estimate of drug-likeness (QED) is 0.833. The first-order valence-corrected chi connectivity index (χ1v) is 9.68. The number of halogens is 3. The van der Waals surface area contributed by atoms with E-state index in [9.17, 15) is 21.6 Å². The highest BCUT2D eigenvalue weighted by atomic mass is 32.2. The predicted molar refractivity (Wildman–Crippen MR) is 92.7 cm³/mol. The van der Waals surface area contributed by atoms with Crippen LogP contribution in [-0.2, 0) is 27.5 Å². The van der Waals surface area contributed by atoms with Gasteiger partial charge in [-0.2, -0.15) is 13.2 Å². The molecule has 10 heteroatoms. The third-order valence-electron chi connectivity index (χ3n) is 4.10. The van der Waals surface area contributed by atoms with Crippen LogP contribution in [0.1, 0.15) is 11.1 Å². The molecule has 0 amide bonds. The number of nitrogens with zero attached hydrogens (tertiary/aromatic N) is 2. The summed E-state index contributed by atoms with van der Waals surface area (Å²) in [6, 6.07) is 6.91. The van der Waals surface area contributed by atoms with Gasteiger partial charge in [-0.05, 0) is 35.9 Å². The van der Waals surface area contributed by atoms with Crippen LogP contribution in [0.4, 0.5) is 19.0 Å². The van der Waals surface area contributed by atoms with Crippen molar-refractivity contribution in [3.8, 4) is 0 Å². The molecule has 0 radical (unpaired) electrons. The molecule has 1 aromatic carbocycles. The summed E-state index contributed by atoms with van der Waals surface area (Å²) < 4.78 is 69.8. The van der Waals surface area contributed by atoms with Crippen molar-refractivity contribution >= 4 is 15.8 Å². The molecule has 0 bridgehead atoms. The predicted octanol–water partition coefficient (Wildman–Crippen LogP) is 2.42. The number of pyridine rings is 1. The third kappa shape index (κ3) is 4.96. The van der Waals surface area contributed by atoms with Gasteiger partial charge in [-0.15, -0.1) is 0 Å². The van der Waals surface area contributed by atoms with E-state index >= 15 is 0 Å². The van der Waals surface area contributed by atoms with Gasteiger partial charge in [-0.1, -0.05) is 6.07 Å². The number of hydrogen-bond donors (Lipinski definition) is 1. The highest BCUT2D eigenvalue weighted by Gasteiger charge is 2.30. The molecule has 0 spiro atoms. The lowest BCUT2D eigenvalue weighted by atomic mass is 10.2. The number of hydrogen-bond acceptors (Lipinski definition) is 5. The van der Waals surface area contributed by atoms with E-state index in [4.69, 9.17) is 4.74 Å². The van der Waals surface area contributed by atoms with Crippen LogP contribution in [0.15, 0.2) is 47.5 Å². The van der Waals surface area contributed by atoms with Gasteiger partial charge < -0.3 is 9.64 Å². The van der Waals surface area contributed by atoms with E-state index in [0.29, 0.717) is 18.8 Å². The Labute approximate surface area is 155 Å². The maximum Gasteiger partial charge on any atom is 0.416 e.